The van der Waals surface area contributed by atoms with E-state index in [1.807, 2.05) is 6.92 Å². The number of rotatable bonds is 7. The topological polar surface area (TPSA) is 95.5 Å². The summed E-state index contributed by atoms with van der Waals surface area (Å²) < 4.78 is 11.0. The first-order valence-electron chi connectivity index (χ1n) is 5.87. The van der Waals surface area contributed by atoms with Crippen molar-refractivity contribution in [1.29, 1.82) is 0 Å². The fourth-order valence-electron chi connectivity index (χ4n) is 1.48. The molecule has 4 unspecified atom stereocenters. The summed E-state index contributed by atoms with van der Waals surface area (Å²) >= 11 is 0. The smallest absolute Gasteiger partial charge is 0.326 e. The maximum absolute atomic E-state index is 11.6. The molecule has 0 rings (SSSR count). The van der Waals surface area contributed by atoms with Crippen LogP contribution in [0.25, 0.3) is 0 Å². The molecule has 0 heterocycles. The van der Waals surface area contributed by atoms with Crippen LogP contribution in [0.15, 0.2) is 0 Å². The van der Waals surface area contributed by atoms with Crippen LogP contribution in [-0.2, 0) is 15.6 Å². The Balaban J connectivity index is 4.34. The molecule has 0 spiro atoms. The van der Waals surface area contributed by atoms with E-state index in [1.54, 1.807) is 20.1 Å². The van der Waals surface area contributed by atoms with Crippen molar-refractivity contribution in [2.24, 2.45) is 5.92 Å². The second-order valence-corrected chi connectivity index (χ2v) is 5.94. The minimum atomic E-state index is -1.05. The van der Waals surface area contributed by atoms with E-state index in [0.29, 0.717) is 12.2 Å². The third-order valence-electron chi connectivity index (χ3n) is 2.63. The first-order valence-corrected chi connectivity index (χ1v) is 7.60. The molecule has 0 aliphatic carbocycles. The summed E-state index contributed by atoms with van der Waals surface area (Å²) in [7, 11) is -1.00. The predicted octanol–water partition coefficient (Wildman–Crippen LogP) is 0.552. The fraction of sp³-hybridized carbons (Fsp3) is 0.818. The van der Waals surface area contributed by atoms with Gasteiger partial charge in [0.1, 0.15) is 6.04 Å². The summed E-state index contributed by atoms with van der Waals surface area (Å²) in [6, 6.07) is -1.71. The molecule has 0 fully saturated rings. The Morgan fingerprint density at radius 2 is 1.83 bits per heavy atom. The van der Waals surface area contributed by atoms with E-state index < -0.39 is 28.8 Å². The van der Waals surface area contributed by atoms with Crippen molar-refractivity contribution >= 4 is 22.8 Å². The maximum atomic E-state index is 11.6. The van der Waals surface area contributed by atoms with Gasteiger partial charge in [-0.3, -0.25) is 4.21 Å². The van der Waals surface area contributed by atoms with E-state index in [2.05, 4.69) is 10.6 Å². The highest BCUT2D eigenvalue weighted by Crippen LogP contribution is 2.07. The molecule has 0 aromatic carbocycles. The minimum absolute atomic E-state index is 0.149. The van der Waals surface area contributed by atoms with Gasteiger partial charge in [0.05, 0.1) is 0 Å². The Morgan fingerprint density at radius 3 is 2.22 bits per heavy atom. The lowest BCUT2D eigenvalue weighted by Crippen LogP contribution is -2.51. The van der Waals surface area contributed by atoms with Gasteiger partial charge in [-0.05, 0) is 12.8 Å². The summed E-state index contributed by atoms with van der Waals surface area (Å²) in [5.74, 6) is -0.857. The van der Waals surface area contributed by atoms with Crippen LogP contribution in [0, 0.1) is 5.92 Å². The second kappa shape index (κ2) is 8.07. The molecular weight excluding hydrogens is 256 g/mol. The van der Waals surface area contributed by atoms with Crippen LogP contribution in [0.3, 0.4) is 0 Å². The zero-order valence-corrected chi connectivity index (χ0v) is 12.0. The van der Waals surface area contributed by atoms with Crippen LogP contribution in [0.4, 0.5) is 4.79 Å². The monoisotopic (exact) mass is 278 g/mol. The minimum Gasteiger partial charge on any atom is -0.480 e. The van der Waals surface area contributed by atoms with E-state index >= 15 is 0 Å². The summed E-state index contributed by atoms with van der Waals surface area (Å²) in [6.45, 7) is 5.35. The SMILES string of the molecule is CCC(C)C(NC(=O)NC(C)CS(C)=O)C(=O)O. The molecule has 106 valence electrons. The highest BCUT2D eigenvalue weighted by molar-refractivity contribution is 7.84. The second-order valence-electron chi connectivity index (χ2n) is 4.46. The number of aliphatic carboxylic acids is 1. The van der Waals surface area contributed by atoms with Crippen molar-refractivity contribution < 1.29 is 18.9 Å². The lowest BCUT2D eigenvalue weighted by atomic mass is 9.99. The lowest BCUT2D eigenvalue weighted by molar-refractivity contribution is -0.140. The Morgan fingerprint density at radius 1 is 1.28 bits per heavy atom. The molecule has 0 saturated heterocycles. The highest BCUT2D eigenvalue weighted by Gasteiger charge is 2.25. The number of urea groups is 1. The van der Waals surface area contributed by atoms with E-state index in [1.165, 1.54) is 0 Å². The summed E-state index contributed by atoms with van der Waals surface area (Å²) in [5, 5.41) is 14.0. The van der Waals surface area contributed by atoms with E-state index in [0.717, 1.165) is 0 Å². The number of carbonyl (C=O) groups is 2. The average Bonchev–Trinajstić information content (AvgIpc) is 2.23. The van der Waals surface area contributed by atoms with Crippen molar-refractivity contribution in [3.05, 3.63) is 0 Å². The Hall–Kier alpha value is -1.11. The fourth-order valence-corrected chi connectivity index (χ4v) is 2.27. The summed E-state index contributed by atoms with van der Waals surface area (Å²) in [5.41, 5.74) is 0. The summed E-state index contributed by atoms with van der Waals surface area (Å²) in [4.78, 5) is 22.6. The molecule has 4 atom stereocenters. The number of carboxylic acid groups (broad SMARTS) is 1. The number of hydrogen-bond acceptors (Lipinski definition) is 3. The first-order chi connectivity index (χ1) is 8.27. The molecule has 0 saturated carbocycles. The zero-order valence-electron chi connectivity index (χ0n) is 11.2. The molecule has 0 aromatic rings. The molecular formula is C11H22N2O4S. The normalized spacial score (nSPS) is 17.3. The number of hydrogen-bond donors (Lipinski definition) is 3. The Labute approximate surface area is 110 Å². The number of nitrogens with one attached hydrogen (secondary N) is 2. The molecule has 0 radical (unpaired) electrons. The van der Waals surface area contributed by atoms with Gasteiger partial charge in [0.2, 0.25) is 0 Å². The molecule has 0 aliphatic heterocycles. The van der Waals surface area contributed by atoms with Gasteiger partial charge < -0.3 is 15.7 Å². The third-order valence-corrected chi connectivity index (χ3v) is 3.60. The van der Waals surface area contributed by atoms with Gasteiger partial charge in [-0.1, -0.05) is 20.3 Å². The molecule has 3 N–H and O–H groups in total. The third kappa shape index (κ3) is 6.58. The molecule has 6 nitrogen and oxygen atoms in total. The van der Waals surface area contributed by atoms with Gasteiger partial charge in [0.15, 0.2) is 0 Å². The molecule has 7 heteroatoms. The van der Waals surface area contributed by atoms with Crippen molar-refractivity contribution in [3.63, 3.8) is 0 Å². The Kier molecular flexibility index (Phi) is 7.58. The van der Waals surface area contributed by atoms with Crippen molar-refractivity contribution in [2.45, 2.75) is 39.3 Å². The molecule has 18 heavy (non-hydrogen) atoms. The average molecular weight is 278 g/mol. The zero-order chi connectivity index (χ0) is 14.3. The van der Waals surface area contributed by atoms with Gasteiger partial charge in [0.25, 0.3) is 0 Å². The molecule has 0 bridgehead atoms. The van der Waals surface area contributed by atoms with Crippen LogP contribution in [0.1, 0.15) is 27.2 Å². The van der Waals surface area contributed by atoms with Gasteiger partial charge >= 0.3 is 12.0 Å². The van der Waals surface area contributed by atoms with Crippen molar-refractivity contribution in [2.75, 3.05) is 12.0 Å². The van der Waals surface area contributed by atoms with Crippen LogP contribution in [0.5, 0.6) is 0 Å². The molecule has 0 aliphatic rings. The van der Waals surface area contributed by atoms with Gasteiger partial charge in [-0.15, -0.1) is 0 Å². The van der Waals surface area contributed by atoms with Crippen molar-refractivity contribution in [1.82, 2.24) is 10.6 Å². The number of amides is 2. The van der Waals surface area contributed by atoms with E-state index in [4.69, 9.17) is 5.11 Å². The van der Waals surface area contributed by atoms with Crippen LogP contribution in [0.2, 0.25) is 0 Å². The van der Waals surface area contributed by atoms with Crippen LogP contribution in [-0.4, -0.2) is 45.4 Å². The summed E-state index contributed by atoms with van der Waals surface area (Å²) in [6.07, 6.45) is 2.21. The van der Waals surface area contributed by atoms with Crippen molar-refractivity contribution in [3.8, 4) is 0 Å². The van der Waals surface area contributed by atoms with Gasteiger partial charge in [-0.2, -0.15) is 0 Å². The number of carbonyl (C=O) groups excluding carboxylic acids is 1. The predicted molar refractivity (Wildman–Crippen MR) is 70.9 cm³/mol. The van der Waals surface area contributed by atoms with Gasteiger partial charge in [0, 0.05) is 28.9 Å². The van der Waals surface area contributed by atoms with Crippen LogP contribution >= 0.6 is 0 Å². The molecule has 0 aromatic heterocycles. The maximum Gasteiger partial charge on any atom is 0.326 e. The van der Waals surface area contributed by atoms with E-state index in [9.17, 15) is 13.8 Å². The standard InChI is InChI=1S/C11H22N2O4S/c1-5-7(2)9(10(14)15)13-11(16)12-8(3)6-18(4)17/h7-9H,5-6H2,1-4H3,(H,14,15)(H2,12,13,16). The quantitative estimate of drug-likeness (QED) is 0.634. The first kappa shape index (κ1) is 16.9. The van der Waals surface area contributed by atoms with Crippen LogP contribution < -0.4 is 10.6 Å². The van der Waals surface area contributed by atoms with Gasteiger partial charge in [-0.25, -0.2) is 9.59 Å². The highest BCUT2D eigenvalue weighted by atomic mass is 32.2. The Bertz CT molecular complexity index is 322. The molecule has 2 amide bonds. The largest absolute Gasteiger partial charge is 0.480 e. The lowest BCUT2D eigenvalue weighted by Gasteiger charge is -2.21. The van der Waals surface area contributed by atoms with E-state index in [-0.39, 0.29) is 12.0 Å². The number of carboxylic acids is 1.